The van der Waals surface area contributed by atoms with Crippen LogP contribution in [0.1, 0.15) is 30.1 Å². The van der Waals surface area contributed by atoms with Gasteiger partial charge in [0.15, 0.2) is 0 Å². The highest BCUT2D eigenvalue weighted by molar-refractivity contribution is 7.98. The van der Waals surface area contributed by atoms with Gasteiger partial charge < -0.3 is 4.57 Å². The van der Waals surface area contributed by atoms with Crippen LogP contribution in [0.25, 0.3) is 11.0 Å². The van der Waals surface area contributed by atoms with E-state index >= 15 is 0 Å². The van der Waals surface area contributed by atoms with Crippen LogP contribution in [0.4, 0.5) is 4.39 Å². The predicted octanol–water partition coefficient (Wildman–Crippen LogP) is 4.54. The normalized spacial score (nSPS) is 13.1. The SMILES string of the molecule is CSCCCn1c(C(C)Cl)nc2cc(F)c(C)cc21. The van der Waals surface area contributed by atoms with Gasteiger partial charge in [-0.1, -0.05) is 0 Å². The molecule has 0 spiro atoms. The van der Waals surface area contributed by atoms with Crippen molar-refractivity contribution in [3.63, 3.8) is 0 Å². The number of imidazole rings is 1. The van der Waals surface area contributed by atoms with Gasteiger partial charge in [-0.2, -0.15) is 11.8 Å². The van der Waals surface area contributed by atoms with Crippen molar-refractivity contribution in [2.24, 2.45) is 0 Å². The van der Waals surface area contributed by atoms with Gasteiger partial charge >= 0.3 is 0 Å². The van der Waals surface area contributed by atoms with Crippen LogP contribution >= 0.6 is 23.4 Å². The molecular weight excluding hydrogens is 283 g/mol. The van der Waals surface area contributed by atoms with Gasteiger partial charge in [0.25, 0.3) is 0 Å². The molecule has 2 rings (SSSR count). The van der Waals surface area contributed by atoms with Crippen LogP contribution in [0, 0.1) is 12.7 Å². The molecule has 1 heterocycles. The highest BCUT2D eigenvalue weighted by Crippen LogP contribution is 2.26. The fraction of sp³-hybridized carbons (Fsp3) is 0.500. The lowest BCUT2D eigenvalue weighted by Gasteiger charge is -2.10. The zero-order chi connectivity index (χ0) is 14.0. The van der Waals surface area contributed by atoms with E-state index in [9.17, 15) is 4.39 Å². The molecule has 0 radical (unpaired) electrons. The highest BCUT2D eigenvalue weighted by Gasteiger charge is 2.16. The average Bonchev–Trinajstić information content (AvgIpc) is 2.69. The van der Waals surface area contributed by atoms with Crippen molar-refractivity contribution in [2.45, 2.75) is 32.2 Å². The summed E-state index contributed by atoms with van der Waals surface area (Å²) in [5.74, 6) is 1.70. The number of fused-ring (bicyclic) bond motifs is 1. The zero-order valence-corrected chi connectivity index (χ0v) is 13.0. The first-order valence-corrected chi connectivity index (χ1v) is 8.17. The number of halogens is 2. The summed E-state index contributed by atoms with van der Waals surface area (Å²) in [5, 5.41) is -0.176. The fourth-order valence-corrected chi connectivity index (χ4v) is 2.76. The van der Waals surface area contributed by atoms with Crippen molar-refractivity contribution in [2.75, 3.05) is 12.0 Å². The smallest absolute Gasteiger partial charge is 0.128 e. The third-order valence-electron chi connectivity index (χ3n) is 3.14. The molecule has 1 aromatic heterocycles. The summed E-state index contributed by atoms with van der Waals surface area (Å²) < 4.78 is 15.7. The molecule has 0 N–H and O–H groups in total. The minimum atomic E-state index is -0.213. The summed E-state index contributed by atoms with van der Waals surface area (Å²) >= 11 is 8.01. The number of nitrogens with zero attached hydrogens (tertiary/aromatic N) is 2. The van der Waals surface area contributed by atoms with Crippen molar-refractivity contribution in [1.29, 1.82) is 0 Å². The van der Waals surface area contributed by atoms with E-state index in [1.165, 1.54) is 6.07 Å². The van der Waals surface area contributed by atoms with Crippen molar-refractivity contribution < 1.29 is 4.39 Å². The van der Waals surface area contributed by atoms with E-state index in [-0.39, 0.29) is 11.2 Å². The topological polar surface area (TPSA) is 17.8 Å². The molecule has 0 aliphatic carbocycles. The monoisotopic (exact) mass is 300 g/mol. The summed E-state index contributed by atoms with van der Waals surface area (Å²) in [6.45, 7) is 4.55. The van der Waals surface area contributed by atoms with Gasteiger partial charge in [0.2, 0.25) is 0 Å². The fourth-order valence-electron chi connectivity index (χ4n) is 2.17. The van der Waals surface area contributed by atoms with E-state index in [1.54, 1.807) is 6.92 Å². The van der Waals surface area contributed by atoms with Crippen molar-refractivity contribution in [3.05, 3.63) is 29.3 Å². The van der Waals surface area contributed by atoms with Crippen LogP contribution in [0.15, 0.2) is 12.1 Å². The molecule has 0 saturated heterocycles. The van der Waals surface area contributed by atoms with E-state index in [0.717, 1.165) is 30.1 Å². The summed E-state index contributed by atoms with van der Waals surface area (Å²) in [6.07, 6.45) is 3.15. The number of thioether (sulfide) groups is 1. The number of hydrogen-bond acceptors (Lipinski definition) is 2. The Balaban J connectivity index is 2.49. The van der Waals surface area contributed by atoms with Crippen molar-refractivity contribution >= 4 is 34.4 Å². The quantitative estimate of drug-likeness (QED) is 0.596. The molecule has 0 saturated carbocycles. The minimum absolute atomic E-state index is 0.176. The molecule has 104 valence electrons. The van der Waals surface area contributed by atoms with E-state index in [0.29, 0.717) is 11.1 Å². The molecule has 5 heteroatoms. The molecule has 19 heavy (non-hydrogen) atoms. The Morgan fingerprint density at radius 2 is 2.21 bits per heavy atom. The Hall–Kier alpha value is -0.740. The largest absolute Gasteiger partial charge is 0.327 e. The summed E-state index contributed by atoms with van der Waals surface area (Å²) in [7, 11) is 0. The first kappa shape index (κ1) is 14.7. The maximum absolute atomic E-state index is 13.6. The number of aryl methyl sites for hydroxylation is 2. The third kappa shape index (κ3) is 3.06. The van der Waals surface area contributed by atoms with Crippen LogP contribution < -0.4 is 0 Å². The van der Waals surface area contributed by atoms with E-state index in [1.807, 2.05) is 24.8 Å². The summed E-state index contributed by atoms with van der Waals surface area (Å²) in [6, 6.07) is 3.36. The van der Waals surface area contributed by atoms with Crippen LogP contribution in [0.3, 0.4) is 0 Å². The summed E-state index contributed by atoms with van der Waals surface area (Å²) in [4.78, 5) is 4.48. The Labute approximate surface area is 122 Å². The van der Waals surface area contributed by atoms with Gasteiger partial charge in [-0.15, -0.1) is 11.6 Å². The van der Waals surface area contributed by atoms with Crippen LogP contribution in [0.5, 0.6) is 0 Å². The van der Waals surface area contributed by atoms with Gasteiger partial charge in [-0.05, 0) is 43.9 Å². The minimum Gasteiger partial charge on any atom is -0.327 e. The summed E-state index contributed by atoms with van der Waals surface area (Å²) in [5.41, 5.74) is 2.31. The molecular formula is C14H18ClFN2S. The van der Waals surface area contributed by atoms with Gasteiger partial charge in [0.1, 0.15) is 11.6 Å². The number of benzene rings is 1. The Morgan fingerprint density at radius 3 is 2.84 bits per heavy atom. The predicted molar refractivity (Wildman–Crippen MR) is 81.7 cm³/mol. The van der Waals surface area contributed by atoms with Crippen LogP contribution in [-0.4, -0.2) is 21.6 Å². The molecule has 0 bridgehead atoms. The Kier molecular flexibility index (Phi) is 4.74. The molecule has 0 amide bonds. The Bertz CT molecular complexity index is 580. The lowest BCUT2D eigenvalue weighted by Crippen LogP contribution is -2.05. The number of rotatable bonds is 5. The molecule has 0 aliphatic heterocycles. The standard InChI is InChI=1S/C14H18ClFN2S/c1-9-7-13-12(8-11(9)16)17-14(10(2)15)18(13)5-4-6-19-3/h7-8,10H,4-6H2,1-3H3. The van der Waals surface area contributed by atoms with Gasteiger partial charge in [0, 0.05) is 12.6 Å². The molecule has 0 fully saturated rings. The van der Waals surface area contributed by atoms with Gasteiger partial charge in [0.05, 0.1) is 16.4 Å². The first-order chi connectivity index (χ1) is 9.04. The molecule has 2 aromatic rings. The molecule has 1 unspecified atom stereocenters. The second-order valence-electron chi connectivity index (χ2n) is 4.67. The maximum Gasteiger partial charge on any atom is 0.128 e. The van der Waals surface area contributed by atoms with Crippen molar-refractivity contribution in [1.82, 2.24) is 9.55 Å². The Morgan fingerprint density at radius 1 is 1.47 bits per heavy atom. The van der Waals surface area contributed by atoms with Gasteiger partial charge in [-0.25, -0.2) is 9.37 Å². The lowest BCUT2D eigenvalue weighted by atomic mass is 10.2. The molecule has 1 aromatic carbocycles. The highest BCUT2D eigenvalue weighted by atomic mass is 35.5. The van der Waals surface area contributed by atoms with Gasteiger partial charge in [-0.3, -0.25) is 0 Å². The van der Waals surface area contributed by atoms with Crippen LogP contribution in [0.2, 0.25) is 0 Å². The average molecular weight is 301 g/mol. The second-order valence-corrected chi connectivity index (χ2v) is 6.31. The molecule has 1 atom stereocenters. The number of hydrogen-bond donors (Lipinski definition) is 0. The van der Waals surface area contributed by atoms with E-state index < -0.39 is 0 Å². The second kappa shape index (κ2) is 6.14. The van der Waals surface area contributed by atoms with Crippen LogP contribution in [-0.2, 0) is 6.54 Å². The molecule has 2 nitrogen and oxygen atoms in total. The number of aromatic nitrogens is 2. The zero-order valence-electron chi connectivity index (χ0n) is 11.4. The lowest BCUT2D eigenvalue weighted by molar-refractivity contribution is 0.619. The third-order valence-corrected chi connectivity index (χ3v) is 4.04. The molecule has 0 aliphatic rings. The van der Waals surface area contributed by atoms with Crippen molar-refractivity contribution in [3.8, 4) is 0 Å². The first-order valence-electron chi connectivity index (χ1n) is 6.34. The number of alkyl halides is 1. The van der Waals surface area contributed by atoms with E-state index in [4.69, 9.17) is 11.6 Å². The van der Waals surface area contributed by atoms with E-state index in [2.05, 4.69) is 15.8 Å². The maximum atomic E-state index is 13.6.